The average molecular weight is 434 g/mol. The van der Waals surface area contributed by atoms with Gasteiger partial charge in [-0.3, -0.25) is 14.8 Å². The maximum atomic E-state index is 13.6. The van der Waals surface area contributed by atoms with Gasteiger partial charge in [0.25, 0.3) is 0 Å². The van der Waals surface area contributed by atoms with E-state index in [1.165, 1.54) is 18.5 Å². The molecule has 0 saturated carbocycles. The quantitative estimate of drug-likeness (QED) is 0.331. The van der Waals surface area contributed by atoms with Gasteiger partial charge in [-0.05, 0) is 34.7 Å². The number of hydrogen-bond acceptors (Lipinski definition) is 3. The minimum absolute atomic E-state index is 0.0884. The van der Waals surface area contributed by atoms with Gasteiger partial charge in [0.2, 0.25) is 5.78 Å². The highest BCUT2D eigenvalue weighted by atomic mass is 19.4. The van der Waals surface area contributed by atoms with Crippen molar-refractivity contribution in [2.24, 2.45) is 0 Å². The smallest absolute Gasteiger partial charge is 0.287 e. The number of pyridine rings is 2. The highest BCUT2D eigenvalue weighted by Crippen LogP contribution is 2.39. The second-order valence-corrected chi connectivity index (χ2v) is 8.62. The molecule has 0 N–H and O–H groups in total. The zero-order chi connectivity index (χ0) is 23.1. The molecule has 162 valence electrons. The molecule has 0 fully saturated rings. The van der Waals surface area contributed by atoms with Gasteiger partial charge in [-0.2, -0.15) is 13.2 Å². The van der Waals surface area contributed by atoms with Gasteiger partial charge in [0.15, 0.2) is 0 Å². The van der Waals surface area contributed by atoms with Crippen molar-refractivity contribution < 1.29 is 18.0 Å². The topological polar surface area (TPSA) is 42.9 Å². The molecule has 0 atom stereocenters. The third kappa shape index (κ3) is 4.00. The van der Waals surface area contributed by atoms with Crippen molar-refractivity contribution in [2.45, 2.75) is 32.4 Å². The van der Waals surface area contributed by atoms with Gasteiger partial charge in [-0.15, -0.1) is 0 Å². The molecule has 0 radical (unpaired) electrons. The van der Waals surface area contributed by atoms with Gasteiger partial charge in [0, 0.05) is 23.3 Å². The van der Waals surface area contributed by atoms with Gasteiger partial charge in [-0.25, -0.2) is 0 Å². The van der Waals surface area contributed by atoms with Crippen LogP contribution in [0.4, 0.5) is 13.2 Å². The Bertz CT molecular complexity index is 1290. The van der Waals surface area contributed by atoms with Crippen LogP contribution in [-0.2, 0) is 11.6 Å². The lowest BCUT2D eigenvalue weighted by molar-refractivity contribution is -0.136. The summed E-state index contributed by atoms with van der Waals surface area (Å²) in [7, 11) is 0. The zero-order valence-corrected chi connectivity index (χ0v) is 17.9. The third-order valence-electron chi connectivity index (χ3n) is 5.38. The van der Waals surface area contributed by atoms with E-state index < -0.39 is 17.5 Å². The van der Waals surface area contributed by atoms with Gasteiger partial charge in [-0.1, -0.05) is 63.2 Å². The Morgan fingerprint density at radius 1 is 0.844 bits per heavy atom. The van der Waals surface area contributed by atoms with Crippen molar-refractivity contribution in [2.75, 3.05) is 0 Å². The summed E-state index contributed by atoms with van der Waals surface area (Å²) in [5.74, 6) is -0.396. The number of alkyl halides is 3. The molecule has 0 aliphatic rings. The Morgan fingerprint density at radius 2 is 1.56 bits per heavy atom. The van der Waals surface area contributed by atoms with Gasteiger partial charge in [0.05, 0.1) is 16.6 Å². The molecule has 4 aromatic rings. The highest BCUT2D eigenvalue weighted by Gasteiger charge is 2.34. The van der Waals surface area contributed by atoms with Crippen molar-refractivity contribution in [3.63, 3.8) is 0 Å². The molecular weight excluding hydrogens is 413 g/mol. The lowest BCUT2D eigenvalue weighted by atomic mass is 9.85. The van der Waals surface area contributed by atoms with Gasteiger partial charge in [0.1, 0.15) is 5.69 Å². The maximum Gasteiger partial charge on any atom is 0.418 e. The molecule has 0 bridgehead atoms. The minimum Gasteiger partial charge on any atom is -0.287 e. The molecule has 0 aliphatic heterocycles. The Morgan fingerprint density at radius 3 is 2.16 bits per heavy atom. The van der Waals surface area contributed by atoms with E-state index in [1.54, 1.807) is 24.3 Å². The Kier molecular flexibility index (Phi) is 5.33. The standard InChI is InChI=1S/C26H21F3N2O/c1-25(2,3)17-12-10-16(11-13-17)22-18-7-6-8-20(26(27,28)29)23(18)31-15-19(22)24(32)21-9-4-5-14-30-21/h4-15H,1-3H3. The molecule has 0 saturated heterocycles. The summed E-state index contributed by atoms with van der Waals surface area (Å²) in [6.07, 6.45) is -1.84. The van der Waals surface area contributed by atoms with Crippen LogP contribution in [0, 0.1) is 0 Å². The molecule has 2 heterocycles. The number of fused-ring (bicyclic) bond motifs is 1. The van der Waals surface area contributed by atoms with Crippen LogP contribution >= 0.6 is 0 Å². The van der Waals surface area contributed by atoms with Crippen molar-refractivity contribution in [1.29, 1.82) is 0 Å². The fourth-order valence-electron chi connectivity index (χ4n) is 3.71. The average Bonchev–Trinajstić information content (AvgIpc) is 2.77. The van der Waals surface area contributed by atoms with Gasteiger partial charge >= 0.3 is 6.18 Å². The summed E-state index contributed by atoms with van der Waals surface area (Å²) in [5.41, 5.74) is 1.43. The number of benzene rings is 2. The molecule has 0 spiro atoms. The second-order valence-electron chi connectivity index (χ2n) is 8.62. The monoisotopic (exact) mass is 434 g/mol. The molecule has 6 heteroatoms. The van der Waals surface area contributed by atoms with Crippen LogP contribution < -0.4 is 0 Å². The van der Waals surface area contributed by atoms with E-state index in [1.807, 2.05) is 24.3 Å². The minimum atomic E-state index is -4.56. The summed E-state index contributed by atoms with van der Waals surface area (Å²) in [4.78, 5) is 21.5. The first-order valence-corrected chi connectivity index (χ1v) is 10.1. The molecular formula is C26H21F3N2O. The Balaban J connectivity index is 2.01. The summed E-state index contributed by atoms with van der Waals surface area (Å²) in [6.45, 7) is 6.24. The third-order valence-corrected chi connectivity index (χ3v) is 5.38. The molecule has 4 rings (SSSR count). The number of para-hydroxylation sites is 1. The maximum absolute atomic E-state index is 13.6. The predicted octanol–water partition coefficient (Wildman–Crippen LogP) is 6.84. The van der Waals surface area contributed by atoms with Crippen LogP contribution in [0.3, 0.4) is 0 Å². The molecule has 0 unspecified atom stereocenters. The Hall–Kier alpha value is -3.54. The molecule has 3 nitrogen and oxygen atoms in total. The predicted molar refractivity (Wildman–Crippen MR) is 119 cm³/mol. The van der Waals surface area contributed by atoms with E-state index in [0.29, 0.717) is 11.1 Å². The SMILES string of the molecule is CC(C)(C)c1ccc(-c2c(C(=O)c3ccccn3)cnc3c(C(F)(F)F)cccc23)cc1. The first-order valence-electron chi connectivity index (χ1n) is 10.1. The number of ketones is 1. The number of carbonyl (C=O) groups excluding carboxylic acids is 1. The molecule has 2 aromatic heterocycles. The van der Waals surface area contributed by atoms with Crippen molar-refractivity contribution >= 4 is 16.7 Å². The first kappa shape index (κ1) is 21.7. The molecule has 0 amide bonds. The summed E-state index contributed by atoms with van der Waals surface area (Å²) in [6, 6.07) is 16.4. The number of rotatable bonds is 3. The van der Waals surface area contributed by atoms with Crippen molar-refractivity contribution in [3.8, 4) is 11.1 Å². The fraction of sp³-hybridized carbons (Fsp3) is 0.192. The van der Waals surface area contributed by atoms with Crippen LogP contribution in [0.15, 0.2) is 73.1 Å². The molecule has 2 aromatic carbocycles. The van der Waals surface area contributed by atoms with Crippen LogP contribution in [0.5, 0.6) is 0 Å². The number of carbonyl (C=O) groups is 1. The van der Waals surface area contributed by atoms with Crippen molar-refractivity contribution in [1.82, 2.24) is 9.97 Å². The van der Waals surface area contributed by atoms with E-state index in [-0.39, 0.29) is 27.6 Å². The van der Waals surface area contributed by atoms with Crippen molar-refractivity contribution in [3.05, 3.63) is 95.4 Å². The summed E-state index contributed by atoms with van der Waals surface area (Å²) < 4.78 is 40.9. The fourth-order valence-corrected chi connectivity index (χ4v) is 3.71. The largest absolute Gasteiger partial charge is 0.418 e. The van der Waals surface area contributed by atoms with Crippen LogP contribution in [-0.4, -0.2) is 15.8 Å². The lowest BCUT2D eigenvalue weighted by Crippen LogP contribution is -2.11. The first-order chi connectivity index (χ1) is 15.1. The zero-order valence-electron chi connectivity index (χ0n) is 17.9. The van der Waals surface area contributed by atoms with E-state index in [0.717, 1.165) is 11.6 Å². The second kappa shape index (κ2) is 7.86. The van der Waals surface area contributed by atoms with Crippen LogP contribution in [0.1, 0.15) is 48.0 Å². The van der Waals surface area contributed by atoms with E-state index in [4.69, 9.17) is 0 Å². The van der Waals surface area contributed by atoms with Crippen LogP contribution in [0.25, 0.3) is 22.0 Å². The van der Waals surface area contributed by atoms with Gasteiger partial charge < -0.3 is 0 Å². The number of halogens is 3. The Labute approximate surface area is 184 Å². The van der Waals surface area contributed by atoms with Crippen LogP contribution in [0.2, 0.25) is 0 Å². The molecule has 32 heavy (non-hydrogen) atoms. The normalized spacial score (nSPS) is 12.2. The lowest BCUT2D eigenvalue weighted by Gasteiger charge is -2.20. The van der Waals surface area contributed by atoms with E-state index in [2.05, 4.69) is 30.7 Å². The number of aromatic nitrogens is 2. The van der Waals surface area contributed by atoms with E-state index in [9.17, 15) is 18.0 Å². The van der Waals surface area contributed by atoms with E-state index >= 15 is 0 Å². The number of nitrogens with zero attached hydrogens (tertiary/aromatic N) is 2. The number of hydrogen-bond donors (Lipinski definition) is 0. The highest BCUT2D eigenvalue weighted by molar-refractivity contribution is 6.16. The summed E-state index contributed by atoms with van der Waals surface area (Å²) >= 11 is 0. The summed E-state index contributed by atoms with van der Waals surface area (Å²) in [5, 5.41) is 0.269. The molecule has 0 aliphatic carbocycles.